The van der Waals surface area contributed by atoms with Gasteiger partial charge in [-0.15, -0.1) is 0 Å². The third kappa shape index (κ3) is 2.28. The number of ketones is 1. The van der Waals surface area contributed by atoms with Crippen LogP contribution in [0.4, 0.5) is 0 Å². The SMILES string of the molecule is CC=C(C(C)=O)c1ccc(C)cc1. The van der Waals surface area contributed by atoms with Crippen LogP contribution in [0.2, 0.25) is 0 Å². The maximum atomic E-state index is 11.2. The molecule has 0 bridgehead atoms. The van der Waals surface area contributed by atoms with Gasteiger partial charge >= 0.3 is 0 Å². The summed E-state index contributed by atoms with van der Waals surface area (Å²) in [5.41, 5.74) is 3.00. The standard InChI is InChI=1S/C12H14O/c1-4-12(10(3)13)11-7-5-9(2)6-8-11/h4-8H,1-3H3. The smallest absolute Gasteiger partial charge is 0.160 e. The molecule has 1 nitrogen and oxygen atoms in total. The number of hydrogen-bond acceptors (Lipinski definition) is 1. The minimum atomic E-state index is 0.117. The monoisotopic (exact) mass is 174 g/mol. The Bertz CT molecular complexity index is 331. The van der Waals surface area contributed by atoms with E-state index in [1.165, 1.54) is 5.56 Å². The third-order valence-electron chi connectivity index (χ3n) is 2.03. The summed E-state index contributed by atoms with van der Waals surface area (Å²) in [5.74, 6) is 0.117. The maximum Gasteiger partial charge on any atom is 0.160 e. The fourth-order valence-corrected chi connectivity index (χ4v) is 1.31. The molecule has 0 radical (unpaired) electrons. The van der Waals surface area contributed by atoms with E-state index in [2.05, 4.69) is 0 Å². The molecule has 1 aromatic rings. The van der Waals surface area contributed by atoms with Gasteiger partial charge in [0.2, 0.25) is 0 Å². The normalized spacial score (nSPS) is 11.5. The van der Waals surface area contributed by atoms with Crippen LogP contribution in [0.25, 0.3) is 5.57 Å². The molecule has 1 aromatic carbocycles. The van der Waals surface area contributed by atoms with E-state index in [4.69, 9.17) is 0 Å². The fourth-order valence-electron chi connectivity index (χ4n) is 1.31. The Morgan fingerprint density at radius 2 is 1.77 bits per heavy atom. The summed E-state index contributed by atoms with van der Waals surface area (Å²) in [4.78, 5) is 11.2. The van der Waals surface area contributed by atoms with E-state index in [9.17, 15) is 4.79 Å². The van der Waals surface area contributed by atoms with E-state index >= 15 is 0 Å². The topological polar surface area (TPSA) is 17.1 Å². The zero-order chi connectivity index (χ0) is 9.84. The van der Waals surface area contributed by atoms with E-state index in [-0.39, 0.29) is 5.78 Å². The van der Waals surface area contributed by atoms with Crippen molar-refractivity contribution in [2.24, 2.45) is 0 Å². The molecule has 0 fully saturated rings. The number of hydrogen-bond donors (Lipinski definition) is 0. The van der Waals surface area contributed by atoms with Crippen LogP contribution in [0.15, 0.2) is 30.3 Å². The Balaban J connectivity index is 3.07. The van der Waals surface area contributed by atoms with Crippen molar-refractivity contribution in [1.82, 2.24) is 0 Å². The Kier molecular flexibility index (Phi) is 3.02. The molecule has 0 aromatic heterocycles. The second kappa shape index (κ2) is 4.04. The van der Waals surface area contributed by atoms with Crippen molar-refractivity contribution in [3.63, 3.8) is 0 Å². The molecule has 0 amide bonds. The summed E-state index contributed by atoms with van der Waals surface area (Å²) in [5, 5.41) is 0. The zero-order valence-electron chi connectivity index (χ0n) is 8.29. The summed E-state index contributed by atoms with van der Waals surface area (Å²) in [6.07, 6.45) is 1.85. The van der Waals surface area contributed by atoms with Crippen LogP contribution >= 0.6 is 0 Å². The second-order valence-corrected chi connectivity index (χ2v) is 3.12. The lowest BCUT2D eigenvalue weighted by Gasteiger charge is -2.02. The minimum absolute atomic E-state index is 0.117. The highest BCUT2D eigenvalue weighted by molar-refractivity contribution is 6.19. The second-order valence-electron chi connectivity index (χ2n) is 3.12. The molecule has 0 spiro atoms. The molecule has 0 N–H and O–H groups in total. The van der Waals surface area contributed by atoms with Gasteiger partial charge < -0.3 is 0 Å². The highest BCUT2D eigenvalue weighted by atomic mass is 16.1. The Morgan fingerprint density at radius 1 is 1.23 bits per heavy atom. The molecule has 0 saturated heterocycles. The van der Waals surface area contributed by atoms with Crippen LogP contribution in [0.1, 0.15) is 25.0 Å². The first kappa shape index (κ1) is 9.72. The first-order chi connectivity index (χ1) is 6.15. The van der Waals surface area contributed by atoms with Crippen LogP contribution in [-0.4, -0.2) is 5.78 Å². The van der Waals surface area contributed by atoms with Crippen molar-refractivity contribution in [2.45, 2.75) is 20.8 Å². The minimum Gasteiger partial charge on any atom is -0.295 e. The van der Waals surface area contributed by atoms with Gasteiger partial charge in [0.05, 0.1) is 0 Å². The number of carbonyl (C=O) groups is 1. The van der Waals surface area contributed by atoms with Crippen molar-refractivity contribution in [3.8, 4) is 0 Å². The van der Waals surface area contributed by atoms with Crippen molar-refractivity contribution < 1.29 is 4.79 Å². The maximum absolute atomic E-state index is 11.2. The van der Waals surface area contributed by atoms with Crippen molar-refractivity contribution in [3.05, 3.63) is 41.5 Å². The van der Waals surface area contributed by atoms with E-state index in [1.807, 2.05) is 44.2 Å². The van der Waals surface area contributed by atoms with Crippen LogP contribution < -0.4 is 0 Å². The van der Waals surface area contributed by atoms with E-state index in [0.717, 1.165) is 11.1 Å². The lowest BCUT2D eigenvalue weighted by Crippen LogP contribution is -1.95. The molecule has 0 aliphatic carbocycles. The summed E-state index contributed by atoms with van der Waals surface area (Å²) in [7, 11) is 0. The number of carbonyl (C=O) groups excluding carboxylic acids is 1. The van der Waals surface area contributed by atoms with Gasteiger partial charge in [-0.3, -0.25) is 4.79 Å². The zero-order valence-corrected chi connectivity index (χ0v) is 8.29. The molecule has 1 rings (SSSR count). The Labute approximate surface area is 79.1 Å². The first-order valence-electron chi connectivity index (χ1n) is 4.39. The number of Topliss-reactive ketones (excluding diaryl/α,β-unsaturated/α-hetero) is 1. The van der Waals surface area contributed by atoms with Crippen LogP contribution in [0.3, 0.4) is 0 Å². The highest BCUT2D eigenvalue weighted by Gasteiger charge is 2.04. The Morgan fingerprint density at radius 3 is 2.15 bits per heavy atom. The van der Waals surface area contributed by atoms with Crippen LogP contribution in [0, 0.1) is 6.92 Å². The van der Waals surface area contributed by atoms with Gasteiger partial charge in [0, 0.05) is 5.57 Å². The average molecular weight is 174 g/mol. The van der Waals surface area contributed by atoms with Crippen LogP contribution in [0.5, 0.6) is 0 Å². The molecule has 13 heavy (non-hydrogen) atoms. The van der Waals surface area contributed by atoms with Gasteiger partial charge in [-0.05, 0) is 26.3 Å². The van der Waals surface area contributed by atoms with Gasteiger partial charge in [0.25, 0.3) is 0 Å². The van der Waals surface area contributed by atoms with Crippen molar-refractivity contribution in [2.75, 3.05) is 0 Å². The molecule has 0 aliphatic rings. The predicted octanol–water partition coefficient (Wildman–Crippen LogP) is 2.99. The molecule has 0 heterocycles. The molecular weight excluding hydrogens is 160 g/mol. The van der Waals surface area contributed by atoms with Crippen LogP contribution in [-0.2, 0) is 4.79 Å². The highest BCUT2D eigenvalue weighted by Crippen LogP contribution is 2.15. The summed E-state index contributed by atoms with van der Waals surface area (Å²) in [6.45, 7) is 5.51. The fraction of sp³-hybridized carbons (Fsp3) is 0.250. The average Bonchev–Trinajstić information content (AvgIpc) is 2.09. The molecule has 0 atom stereocenters. The van der Waals surface area contributed by atoms with E-state index < -0.39 is 0 Å². The molecule has 0 aliphatic heterocycles. The molecule has 1 heteroatoms. The van der Waals surface area contributed by atoms with E-state index in [0.29, 0.717) is 0 Å². The quantitative estimate of drug-likeness (QED) is 0.630. The molecule has 68 valence electrons. The van der Waals surface area contributed by atoms with Gasteiger partial charge in [0.1, 0.15) is 0 Å². The molecule has 0 saturated carbocycles. The number of aryl methyl sites for hydroxylation is 1. The molecule has 0 unspecified atom stereocenters. The predicted molar refractivity (Wildman–Crippen MR) is 55.5 cm³/mol. The first-order valence-corrected chi connectivity index (χ1v) is 4.39. The lowest BCUT2D eigenvalue weighted by atomic mass is 10.0. The van der Waals surface area contributed by atoms with Gasteiger partial charge in [0.15, 0.2) is 5.78 Å². The summed E-state index contributed by atoms with van der Waals surface area (Å²) < 4.78 is 0. The van der Waals surface area contributed by atoms with Gasteiger partial charge in [-0.25, -0.2) is 0 Å². The lowest BCUT2D eigenvalue weighted by molar-refractivity contribution is -0.111. The molecular formula is C12H14O. The van der Waals surface area contributed by atoms with Crippen molar-refractivity contribution in [1.29, 1.82) is 0 Å². The number of benzene rings is 1. The summed E-state index contributed by atoms with van der Waals surface area (Å²) in [6, 6.07) is 7.99. The summed E-state index contributed by atoms with van der Waals surface area (Å²) >= 11 is 0. The van der Waals surface area contributed by atoms with Gasteiger partial charge in [-0.2, -0.15) is 0 Å². The third-order valence-corrected chi connectivity index (χ3v) is 2.03. The largest absolute Gasteiger partial charge is 0.295 e. The van der Waals surface area contributed by atoms with Gasteiger partial charge in [-0.1, -0.05) is 35.9 Å². The van der Waals surface area contributed by atoms with E-state index in [1.54, 1.807) is 6.92 Å². The van der Waals surface area contributed by atoms with Crippen molar-refractivity contribution >= 4 is 11.4 Å². The Hall–Kier alpha value is -1.37. The number of rotatable bonds is 2. The number of allylic oxidation sites excluding steroid dienone is 2.